The Morgan fingerprint density at radius 3 is 2.55 bits per heavy atom. The fraction of sp³-hybridized carbons (Fsp3) is 0.174. The zero-order valence-corrected chi connectivity index (χ0v) is 19.6. The molecule has 5 nitrogen and oxygen atoms in total. The fourth-order valence-corrected chi connectivity index (χ4v) is 5.73. The third-order valence-electron chi connectivity index (χ3n) is 4.94. The first-order chi connectivity index (χ1) is 14.8. The molecule has 0 saturated heterocycles. The number of rotatable bonds is 8. The van der Waals surface area contributed by atoms with Gasteiger partial charge in [-0.15, -0.1) is 17.9 Å². The molecule has 1 unspecified atom stereocenters. The zero-order chi connectivity index (χ0) is 22.6. The Labute approximate surface area is 192 Å². The van der Waals surface area contributed by atoms with Gasteiger partial charge < -0.3 is 4.90 Å². The molecule has 162 valence electrons. The third kappa shape index (κ3) is 4.84. The van der Waals surface area contributed by atoms with Crippen LogP contribution >= 0.6 is 22.9 Å². The van der Waals surface area contributed by atoms with Gasteiger partial charge in [-0.05, 0) is 48.7 Å². The number of carbonyl (C=O) groups excluding carboxylic acids is 1. The number of thiophene rings is 1. The first-order valence-electron chi connectivity index (χ1n) is 9.56. The van der Waals surface area contributed by atoms with Gasteiger partial charge in [0.2, 0.25) is 0 Å². The molecule has 1 aromatic heterocycles. The monoisotopic (exact) mass is 474 g/mol. The molecular weight excluding hydrogens is 452 g/mol. The van der Waals surface area contributed by atoms with Crippen molar-refractivity contribution < 1.29 is 13.2 Å². The highest BCUT2D eigenvalue weighted by atomic mass is 35.5. The largest absolute Gasteiger partial charge is 0.334 e. The van der Waals surface area contributed by atoms with E-state index in [0.717, 1.165) is 4.88 Å². The molecule has 0 spiro atoms. The maximum atomic E-state index is 13.4. The minimum Gasteiger partial charge on any atom is -0.334 e. The van der Waals surface area contributed by atoms with E-state index < -0.39 is 10.0 Å². The van der Waals surface area contributed by atoms with Crippen LogP contribution in [-0.4, -0.2) is 32.8 Å². The molecule has 3 aromatic rings. The Morgan fingerprint density at radius 1 is 1.16 bits per heavy atom. The molecule has 1 heterocycles. The Kier molecular flexibility index (Phi) is 7.20. The van der Waals surface area contributed by atoms with Gasteiger partial charge in [0.15, 0.2) is 0 Å². The molecule has 0 radical (unpaired) electrons. The van der Waals surface area contributed by atoms with E-state index in [9.17, 15) is 13.2 Å². The van der Waals surface area contributed by atoms with E-state index in [0.29, 0.717) is 16.3 Å². The van der Waals surface area contributed by atoms with Crippen LogP contribution in [0.25, 0.3) is 0 Å². The lowest BCUT2D eigenvalue weighted by Crippen LogP contribution is -2.32. The van der Waals surface area contributed by atoms with Crippen LogP contribution in [0.15, 0.2) is 83.6 Å². The van der Waals surface area contributed by atoms with E-state index in [1.807, 2.05) is 24.4 Å². The average Bonchev–Trinajstić information content (AvgIpc) is 3.31. The number of hydrogen-bond acceptors (Lipinski definition) is 4. The van der Waals surface area contributed by atoms with E-state index in [-0.39, 0.29) is 23.4 Å². The van der Waals surface area contributed by atoms with Crippen LogP contribution in [0.2, 0.25) is 5.02 Å². The highest BCUT2D eigenvalue weighted by molar-refractivity contribution is 7.92. The predicted molar refractivity (Wildman–Crippen MR) is 127 cm³/mol. The predicted octanol–water partition coefficient (Wildman–Crippen LogP) is 5.62. The summed E-state index contributed by atoms with van der Waals surface area (Å²) in [7, 11) is -2.27. The first-order valence-corrected chi connectivity index (χ1v) is 12.3. The van der Waals surface area contributed by atoms with Crippen LogP contribution in [0, 0.1) is 0 Å². The van der Waals surface area contributed by atoms with E-state index in [1.165, 1.54) is 22.5 Å². The third-order valence-corrected chi connectivity index (χ3v) is 8.08. The summed E-state index contributed by atoms with van der Waals surface area (Å²) in [6.07, 6.45) is 1.49. The number of halogens is 1. The Balaban J connectivity index is 1.96. The van der Waals surface area contributed by atoms with E-state index in [1.54, 1.807) is 59.7 Å². The summed E-state index contributed by atoms with van der Waals surface area (Å²) in [5.74, 6) is -0.258. The lowest BCUT2D eigenvalue weighted by Gasteiger charge is -2.26. The SMILES string of the molecule is C=CCN(c1ccccc1Cl)S(=O)(=O)c1cccc(C(=O)N(C)C(C)c2cccs2)c1. The van der Waals surface area contributed by atoms with Gasteiger partial charge >= 0.3 is 0 Å². The van der Waals surface area contributed by atoms with Crippen molar-refractivity contribution in [2.75, 3.05) is 17.9 Å². The van der Waals surface area contributed by atoms with Crippen molar-refractivity contribution in [3.8, 4) is 0 Å². The fourth-order valence-electron chi connectivity index (χ4n) is 3.11. The number of para-hydroxylation sites is 1. The summed E-state index contributed by atoms with van der Waals surface area (Å²) in [6.45, 7) is 5.65. The number of benzene rings is 2. The highest BCUT2D eigenvalue weighted by Gasteiger charge is 2.27. The van der Waals surface area contributed by atoms with Crippen molar-refractivity contribution in [2.45, 2.75) is 17.9 Å². The van der Waals surface area contributed by atoms with Crippen LogP contribution in [-0.2, 0) is 10.0 Å². The first kappa shape index (κ1) is 23.1. The van der Waals surface area contributed by atoms with Crippen molar-refractivity contribution in [1.29, 1.82) is 0 Å². The standard InChI is InChI=1S/C23H23ClN2O3S2/c1-4-14-26(21-12-6-5-11-20(21)24)31(28,29)19-10-7-9-18(16-19)23(27)25(3)17(2)22-13-8-15-30-22/h4-13,15-17H,1,14H2,2-3H3. The minimum absolute atomic E-state index is 0.0114. The lowest BCUT2D eigenvalue weighted by atomic mass is 10.1. The highest BCUT2D eigenvalue weighted by Crippen LogP contribution is 2.31. The molecular formula is C23H23ClN2O3S2. The lowest BCUT2D eigenvalue weighted by molar-refractivity contribution is 0.0744. The zero-order valence-electron chi connectivity index (χ0n) is 17.2. The molecule has 0 aliphatic carbocycles. The van der Waals surface area contributed by atoms with Gasteiger partial charge in [0, 0.05) is 17.5 Å². The summed E-state index contributed by atoms with van der Waals surface area (Å²) >= 11 is 7.82. The number of amides is 1. The smallest absolute Gasteiger partial charge is 0.264 e. The van der Waals surface area contributed by atoms with Crippen LogP contribution < -0.4 is 4.31 Å². The molecule has 1 atom stereocenters. The summed E-state index contributed by atoms with van der Waals surface area (Å²) in [5.41, 5.74) is 0.647. The van der Waals surface area contributed by atoms with Crippen LogP contribution in [0.3, 0.4) is 0 Å². The summed E-state index contributed by atoms with van der Waals surface area (Å²) in [6, 6.07) is 16.6. The summed E-state index contributed by atoms with van der Waals surface area (Å²) in [5, 5.41) is 2.27. The minimum atomic E-state index is -3.97. The second-order valence-electron chi connectivity index (χ2n) is 6.91. The Bertz CT molecular complexity index is 1180. The van der Waals surface area contributed by atoms with Gasteiger partial charge in [0.1, 0.15) is 0 Å². The maximum Gasteiger partial charge on any atom is 0.264 e. The number of carbonyl (C=O) groups is 1. The van der Waals surface area contributed by atoms with Crippen molar-refractivity contribution in [3.63, 3.8) is 0 Å². The molecule has 0 saturated carbocycles. The van der Waals surface area contributed by atoms with Gasteiger partial charge in [0.05, 0.1) is 28.2 Å². The van der Waals surface area contributed by atoms with Gasteiger partial charge in [-0.25, -0.2) is 8.42 Å². The second-order valence-corrected chi connectivity index (χ2v) is 10.2. The second kappa shape index (κ2) is 9.68. The van der Waals surface area contributed by atoms with Crippen LogP contribution in [0.5, 0.6) is 0 Å². The summed E-state index contributed by atoms with van der Waals surface area (Å²) in [4.78, 5) is 15.7. The number of sulfonamides is 1. The quantitative estimate of drug-likeness (QED) is 0.398. The molecule has 3 rings (SSSR count). The normalized spacial score (nSPS) is 12.2. The van der Waals surface area contributed by atoms with Crippen LogP contribution in [0.1, 0.15) is 28.2 Å². The molecule has 0 aliphatic heterocycles. The molecule has 0 N–H and O–H groups in total. The molecule has 1 amide bonds. The molecule has 0 fully saturated rings. The van der Waals surface area contributed by atoms with Crippen molar-refractivity contribution >= 4 is 44.6 Å². The van der Waals surface area contributed by atoms with Crippen LogP contribution in [0.4, 0.5) is 5.69 Å². The van der Waals surface area contributed by atoms with Gasteiger partial charge in [-0.3, -0.25) is 9.10 Å². The van der Waals surface area contributed by atoms with Gasteiger partial charge in [-0.1, -0.05) is 41.9 Å². The van der Waals surface area contributed by atoms with Crippen molar-refractivity contribution in [1.82, 2.24) is 4.90 Å². The van der Waals surface area contributed by atoms with Crippen molar-refractivity contribution in [3.05, 3.63) is 94.2 Å². The number of nitrogens with zero attached hydrogens (tertiary/aromatic N) is 2. The van der Waals surface area contributed by atoms with E-state index >= 15 is 0 Å². The molecule has 8 heteroatoms. The molecule has 0 aliphatic rings. The maximum absolute atomic E-state index is 13.4. The van der Waals surface area contributed by atoms with Gasteiger partial charge in [0.25, 0.3) is 15.9 Å². The summed E-state index contributed by atoms with van der Waals surface area (Å²) < 4.78 is 28.1. The molecule has 0 bridgehead atoms. The number of anilines is 1. The topological polar surface area (TPSA) is 57.7 Å². The average molecular weight is 475 g/mol. The van der Waals surface area contributed by atoms with Gasteiger partial charge in [-0.2, -0.15) is 0 Å². The van der Waals surface area contributed by atoms with E-state index in [2.05, 4.69) is 6.58 Å². The molecule has 31 heavy (non-hydrogen) atoms. The Hall–Kier alpha value is -2.61. The molecule has 2 aromatic carbocycles. The Morgan fingerprint density at radius 2 is 1.90 bits per heavy atom. The van der Waals surface area contributed by atoms with Crippen molar-refractivity contribution in [2.24, 2.45) is 0 Å². The van der Waals surface area contributed by atoms with E-state index in [4.69, 9.17) is 11.6 Å². The number of hydrogen-bond donors (Lipinski definition) is 0.